The summed E-state index contributed by atoms with van der Waals surface area (Å²) in [6, 6.07) is 16.7. The zero-order valence-electron chi connectivity index (χ0n) is 20.5. The van der Waals surface area contributed by atoms with Gasteiger partial charge in [0.25, 0.3) is 5.91 Å². The van der Waals surface area contributed by atoms with Gasteiger partial charge in [0.15, 0.2) is 11.5 Å². The predicted molar refractivity (Wildman–Crippen MR) is 132 cm³/mol. The van der Waals surface area contributed by atoms with Crippen molar-refractivity contribution in [3.05, 3.63) is 83.2 Å². The molecule has 2 heterocycles. The van der Waals surface area contributed by atoms with Gasteiger partial charge in [0.1, 0.15) is 17.3 Å². The van der Waals surface area contributed by atoms with Gasteiger partial charge in [-0.25, -0.2) is 4.39 Å². The van der Waals surface area contributed by atoms with Crippen molar-refractivity contribution in [2.75, 3.05) is 34.1 Å². The lowest BCUT2D eigenvalue weighted by atomic mass is 9.87. The van der Waals surface area contributed by atoms with E-state index in [9.17, 15) is 14.0 Å². The van der Waals surface area contributed by atoms with Crippen molar-refractivity contribution in [3.63, 3.8) is 0 Å². The van der Waals surface area contributed by atoms with E-state index < -0.39 is 17.6 Å². The van der Waals surface area contributed by atoms with Gasteiger partial charge < -0.3 is 29.2 Å². The Balaban J connectivity index is 1.40. The second-order valence-electron chi connectivity index (χ2n) is 8.92. The van der Waals surface area contributed by atoms with E-state index in [1.54, 1.807) is 38.5 Å². The Bertz CT molecular complexity index is 1330. The molecule has 2 unspecified atom stereocenters. The largest absolute Gasteiger partial charge is 0.497 e. The SMILES string of the molecule is COc1ccc(C2CN(C(=O)c3ccccc3F)CC2C(=O)NCc2ccc3c(c2)OCO3)c(OC)c1. The fourth-order valence-electron chi connectivity index (χ4n) is 4.85. The number of hydrogen-bond acceptors (Lipinski definition) is 6. The van der Waals surface area contributed by atoms with Gasteiger partial charge in [0, 0.05) is 37.2 Å². The van der Waals surface area contributed by atoms with Crippen LogP contribution in [-0.4, -0.2) is 50.8 Å². The molecule has 9 heteroatoms. The lowest BCUT2D eigenvalue weighted by Crippen LogP contribution is -2.35. The molecular weight excluding hydrogens is 479 g/mol. The van der Waals surface area contributed by atoms with E-state index in [2.05, 4.69) is 5.32 Å². The fourth-order valence-corrected chi connectivity index (χ4v) is 4.85. The van der Waals surface area contributed by atoms with Crippen molar-refractivity contribution in [2.45, 2.75) is 12.5 Å². The molecule has 0 radical (unpaired) electrons. The molecule has 3 aromatic carbocycles. The minimum absolute atomic E-state index is 0.0237. The highest BCUT2D eigenvalue weighted by molar-refractivity contribution is 5.95. The topological polar surface area (TPSA) is 86.3 Å². The second-order valence-corrected chi connectivity index (χ2v) is 8.92. The first-order chi connectivity index (χ1) is 18.0. The number of nitrogens with one attached hydrogen (secondary N) is 1. The maximum absolute atomic E-state index is 14.4. The summed E-state index contributed by atoms with van der Waals surface area (Å²) in [6.45, 7) is 0.822. The van der Waals surface area contributed by atoms with Crippen LogP contribution < -0.4 is 24.3 Å². The third-order valence-corrected chi connectivity index (χ3v) is 6.79. The maximum Gasteiger partial charge on any atom is 0.256 e. The number of rotatable bonds is 7. The molecule has 0 aromatic heterocycles. The molecule has 0 bridgehead atoms. The minimum Gasteiger partial charge on any atom is -0.497 e. The van der Waals surface area contributed by atoms with E-state index >= 15 is 0 Å². The fraction of sp³-hybridized carbons (Fsp3) is 0.286. The zero-order chi connectivity index (χ0) is 25.9. The van der Waals surface area contributed by atoms with Gasteiger partial charge in [0.2, 0.25) is 12.7 Å². The third kappa shape index (κ3) is 4.89. The number of hydrogen-bond donors (Lipinski definition) is 1. The quantitative estimate of drug-likeness (QED) is 0.526. The summed E-state index contributed by atoms with van der Waals surface area (Å²) in [5.41, 5.74) is 1.60. The van der Waals surface area contributed by atoms with Crippen LogP contribution in [0.15, 0.2) is 60.7 Å². The standard InChI is InChI=1S/C28H27FN2O6/c1-34-18-8-9-19(25(12-18)35-2)21-14-31(28(33)20-5-3-4-6-23(20)29)15-22(21)27(32)30-13-17-7-10-24-26(11-17)37-16-36-24/h3-12,21-22H,13-16H2,1-2H3,(H,30,32). The van der Waals surface area contributed by atoms with Gasteiger partial charge in [-0.05, 0) is 35.9 Å². The molecule has 37 heavy (non-hydrogen) atoms. The highest BCUT2D eigenvalue weighted by Gasteiger charge is 2.42. The average molecular weight is 507 g/mol. The molecule has 0 spiro atoms. The number of amides is 2. The normalized spacial score (nSPS) is 18.0. The minimum atomic E-state index is -0.596. The number of fused-ring (bicyclic) bond motifs is 1. The van der Waals surface area contributed by atoms with E-state index in [4.69, 9.17) is 18.9 Å². The van der Waals surface area contributed by atoms with Crippen molar-refractivity contribution in [2.24, 2.45) is 5.92 Å². The number of carbonyl (C=O) groups excluding carboxylic acids is 2. The molecule has 5 rings (SSSR count). The Morgan fingerprint density at radius 2 is 1.81 bits per heavy atom. The van der Waals surface area contributed by atoms with Gasteiger partial charge in [-0.3, -0.25) is 9.59 Å². The Hall–Kier alpha value is -4.27. The molecule has 0 aliphatic carbocycles. The number of carbonyl (C=O) groups is 2. The van der Waals surface area contributed by atoms with E-state index in [-0.39, 0.29) is 43.8 Å². The summed E-state index contributed by atoms with van der Waals surface area (Å²) in [6.07, 6.45) is 0. The highest BCUT2D eigenvalue weighted by atomic mass is 19.1. The first-order valence-electron chi connectivity index (χ1n) is 11.9. The highest BCUT2D eigenvalue weighted by Crippen LogP contribution is 2.40. The Morgan fingerprint density at radius 3 is 2.59 bits per heavy atom. The van der Waals surface area contributed by atoms with Gasteiger partial charge in [0.05, 0.1) is 25.7 Å². The summed E-state index contributed by atoms with van der Waals surface area (Å²) >= 11 is 0. The van der Waals surface area contributed by atoms with Crippen LogP contribution in [0.4, 0.5) is 4.39 Å². The summed E-state index contributed by atoms with van der Waals surface area (Å²) in [4.78, 5) is 28.2. The Labute approximate surface area is 213 Å². The number of nitrogens with zero attached hydrogens (tertiary/aromatic N) is 1. The van der Waals surface area contributed by atoms with Crippen LogP contribution in [0.5, 0.6) is 23.0 Å². The van der Waals surface area contributed by atoms with Gasteiger partial charge in [-0.15, -0.1) is 0 Å². The molecule has 2 atom stereocenters. The molecule has 1 fully saturated rings. The van der Waals surface area contributed by atoms with Crippen molar-refractivity contribution >= 4 is 11.8 Å². The number of ether oxygens (including phenoxy) is 4. The monoisotopic (exact) mass is 506 g/mol. The molecular formula is C28H27FN2O6. The smallest absolute Gasteiger partial charge is 0.256 e. The summed E-state index contributed by atoms with van der Waals surface area (Å²) in [5.74, 6) is 0.253. The van der Waals surface area contributed by atoms with E-state index in [0.29, 0.717) is 23.0 Å². The van der Waals surface area contributed by atoms with Crippen LogP contribution in [0, 0.1) is 11.7 Å². The predicted octanol–water partition coefficient (Wildman–Crippen LogP) is 3.74. The third-order valence-electron chi connectivity index (χ3n) is 6.79. The van der Waals surface area contributed by atoms with Crippen molar-refractivity contribution in [1.29, 1.82) is 0 Å². The van der Waals surface area contributed by atoms with Crippen LogP contribution in [0.25, 0.3) is 0 Å². The number of halogens is 1. The van der Waals surface area contributed by atoms with Crippen LogP contribution in [0.3, 0.4) is 0 Å². The Kier molecular flexibility index (Phi) is 6.85. The first-order valence-corrected chi connectivity index (χ1v) is 11.9. The van der Waals surface area contributed by atoms with E-state index in [1.165, 1.54) is 23.1 Å². The lowest BCUT2D eigenvalue weighted by Gasteiger charge is -2.21. The molecule has 1 N–H and O–H groups in total. The number of likely N-dealkylation sites (tertiary alicyclic amines) is 1. The van der Waals surface area contributed by atoms with E-state index in [1.807, 2.05) is 18.2 Å². The molecule has 3 aromatic rings. The maximum atomic E-state index is 14.4. The van der Waals surface area contributed by atoms with Crippen LogP contribution >= 0.6 is 0 Å². The number of methoxy groups -OCH3 is 2. The van der Waals surface area contributed by atoms with Crippen LogP contribution in [0.2, 0.25) is 0 Å². The van der Waals surface area contributed by atoms with Gasteiger partial charge in [-0.2, -0.15) is 0 Å². The Morgan fingerprint density at radius 1 is 1.00 bits per heavy atom. The molecule has 2 aliphatic heterocycles. The second kappa shape index (κ2) is 10.4. The van der Waals surface area contributed by atoms with E-state index in [0.717, 1.165) is 11.1 Å². The molecule has 8 nitrogen and oxygen atoms in total. The van der Waals surface area contributed by atoms with Gasteiger partial charge in [-0.1, -0.05) is 24.3 Å². The van der Waals surface area contributed by atoms with Crippen LogP contribution in [-0.2, 0) is 11.3 Å². The molecule has 1 saturated heterocycles. The average Bonchev–Trinajstić information content (AvgIpc) is 3.58. The zero-order valence-corrected chi connectivity index (χ0v) is 20.5. The molecule has 2 amide bonds. The first kappa shape index (κ1) is 24.4. The van der Waals surface area contributed by atoms with Gasteiger partial charge >= 0.3 is 0 Å². The summed E-state index contributed by atoms with van der Waals surface area (Å²) in [7, 11) is 3.11. The number of benzene rings is 3. The van der Waals surface area contributed by atoms with Crippen molar-refractivity contribution in [1.82, 2.24) is 10.2 Å². The van der Waals surface area contributed by atoms with Crippen molar-refractivity contribution < 1.29 is 32.9 Å². The molecule has 192 valence electrons. The summed E-state index contributed by atoms with van der Waals surface area (Å²) < 4.78 is 36.1. The molecule has 2 aliphatic rings. The molecule has 0 saturated carbocycles. The summed E-state index contributed by atoms with van der Waals surface area (Å²) in [5, 5.41) is 2.99. The lowest BCUT2D eigenvalue weighted by molar-refractivity contribution is -0.125. The van der Waals surface area contributed by atoms with Crippen LogP contribution in [0.1, 0.15) is 27.4 Å². The van der Waals surface area contributed by atoms with Crippen molar-refractivity contribution in [3.8, 4) is 23.0 Å².